The fraction of sp³-hybridized carbons (Fsp3) is 0.500. The second-order valence-corrected chi connectivity index (χ2v) is 3.63. The minimum absolute atomic E-state index is 0.440. The smallest absolute Gasteiger partial charge is 0.239 e. The van der Waals surface area contributed by atoms with Gasteiger partial charge in [0, 0.05) is 5.92 Å². The fourth-order valence-corrected chi connectivity index (χ4v) is 1.58. The van der Waals surface area contributed by atoms with Crippen molar-refractivity contribution < 1.29 is 4.42 Å². The topological polar surface area (TPSA) is 67.6 Å². The Balaban J connectivity index is 2.17. The lowest BCUT2D eigenvalue weighted by Crippen LogP contribution is -1.89. The quantitative estimate of drug-likeness (QED) is 0.833. The molecular weight excluding hydrogens is 192 g/mol. The SMILES string of the molecule is CCCC(C)c1ccc(-c2nn[nH]n2)o1. The molecule has 0 aliphatic rings. The van der Waals surface area contributed by atoms with Gasteiger partial charge in [0.25, 0.3) is 0 Å². The van der Waals surface area contributed by atoms with Crippen molar-refractivity contribution >= 4 is 0 Å². The first-order chi connectivity index (χ1) is 7.31. The van der Waals surface area contributed by atoms with E-state index < -0.39 is 0 Å². The Labute approximate surface area is 87.9 Å². The van der Waals surface area contributed by atoms with Gasteiger partial charge in [-0.05, 0) is 23.8 Å². The maximum Gasteiger partial charge on any atom is 0.239 e. The zero-order valence-corrected chi connectivity index (χ0v) is 8.90. The fourth-order valence-electron chi connectivity index (χ4n) is 1.58. The Hall–Kier alpha value is -1.65. The molecule has 2 aromatic rings. The minimum atomic E-state index is 0.440. The molecule has 0 aliphatic heterocycles. The van der Waals surface area contributed by atoms with Gasteiger partial charge in [-0.15, -0.1) is 10.2 Å². The number of hydrogen-bond acceptors (Lipinski definition) is 4. The normalized spacial score (nSPS) is 12.9. The van der Waals surface area contributed by atoms with Crippen LogP contribution in [0.2, 0.25) is 0 Å². The van der Waals surface area contributed by atoms with Gasteiger partial charge in [0.05, 0.1) is 0 Å². The molecule has 5 nitrogen and oxygen atoms in total. The lowest BCUT2D eigenvalue weighted by Gasteiger charge is -2.04. The lowest BCUT2D eigenvalue weighted by molar-refractivity contribution is 0.467. The highest BCUT2D eigenvalue weighted by Crippen LogP contribution is 2.26. The molecule has 2 heterocycles. The molecule has 15 heavy (non-hydrogen) atoms. The summed E-state index contributed by atoms with van der Waals surface area (Å²) in [5, 5.41) is 13.6. The van der Waals surface area contributed by atoms with E-state index in [9.17, 15) is 0 Å². The number of nitrogens with one attached hydrogen (secondary N) is 1. The van der Waals surface area contributed by atoms with E-state index in [1.807, 2.05) is 12.1 Å². The first-order valence-corrected chi connectivity index (χ1v) is 5.14. The van der Waals surface area contributed by atoms with Gasteiger partial charge in [0.1, 0.15) is 5.76 Å². The van der Waals surface area contributed by atoms with Gasteiger partial charge in [0.2, 0.25) is 5.82 Å². The van der Waals surface area contributed by atoms with Crippen molar-refractivity contribution in [3.8, 4) is 11.6 Å². The number of nitrogens with zero attached hydrogens (tertiary/aromatic N) is 3. The van der Waals surface area contributed by atoms with E-state index >= 15 is 0 Å². The van der Waals surface area contributed by atoms with Crippen LogP contribution in [0.1, 0.15) is 38.4 Å². The zero-order valence-electron chi connectivity index (χ0n) is 8.90. The Morgan fingerprint density at radius 2 is 2.33 bits per heavy atom. The third-order valence-electron chi connectivity index (χ3n) is 2.40. The van der Waals surface area contributed by atoms with Crippen molar-refractivity contribution in [1.82, 2.24) is 20.6 Å². The summed E-state index contributed by atoms with van der Waals surface area (Å²) in [5.41, 5.74) is 0. The van der Waals surface area contributed by atoms with Crippen LogP contribution in [0.15, 0.2) is 16.5 Å². The van der Waals surface area contributed by atoms with Gasteiger partial charge in [0.15, 0.2) is 5.76 Å². The van der Waals surface area contributed by atoms with Crippen molar-refractivity contribution in [1.29, 1.82) is 0 Å². The van der Waals surface area contributed by atoms with Gasteiger partial charge in [-0.3, -0.25) is 0 Å². The van der Waals surface area contributed by atoms with Crippen molar-refractivity contribution in [3.63, 3.8) is 0 Å². The summed E-state index contributed by atoms with van der Waals surface area (Å²) < 4.78 is 5.66. The van der Waals surface area contributed by atoms with Crippen molar-refractivity contribution in [3.05, 3.63) is 17.9 Å². The Kier molecular flexibility index (Phi) is 2.80. The molecule has 0 amide bonds. The highest BCUT2D eigenvalue weighted by atomic mass is 16.3. The maximum absolute atomic E-state index is 5.66. The summed E-state index contributed by atoms with van der Waals surface area (Å²) in [4.78, 5) is 0. The van der Waals surface area contributed by atoms with E-state index in [4.69, 9.17) is 4.42 Å². The van der Waals surface area contributed by atoms with Crippen LogP contribution in [-0.2, 0) is 0 Å². The van der Waals surface area contributed by atoms with Gasteiger partial charge in [-0.25, -0.2) is 0 Å². The number of aromatic amines is 1. The molecule has 0 saturated carbocycles. The highest BCUT2D eigenvalue weighted by molar-refractivity contribution is 5.45. The Morgan fingerprint density at radius 1 is 1.47 bits per heavy atom. The number of furan rings is 1. The molecule has 1 unspecified atom stereocenters. The summed E-state index contributed by atoms with van der Waals surface area (Å²) in [5.74, 6) is 2.60. The molecule has 0 saturated heterocycles. The molecule has 0 spiro atoms. The zero-order chi connectivity index (χ0) is 10.7. The van der Waals surface area contributed by atoms with Crippen LogP contribution in [0.5, 0.6) is 0 Å². The molecule has 1 atom stereocenters. The molecule has 0 radical (unpaired) electrons. The predicted molar refractivity (Wildman–Crippen MR) is 55.2 cm³/mol. The Bertz CT molecular complexity index is 407. The number of rotatable bonds is 4. The predicted octanol–water partition coefficient (Wildman–Crippen LogP) is 2.36. The van der Waals surface area contributed by atoms with Crippen LogP contribution < -0.4 is 0 Å². The molecule has 2 aromatic heterocycles. The summed E-state index contributed by atoms with van der Waals surface area (Å²) >= 11 is 0. The van der Waals surface area contributed by atoms with Crippen LogP contribution in [0.25, 0.3) is 11.6 Å². The van der Waals surface area contributed by atoms with Gasteiger partial charge in [-0.1, -0.05) is 20.3 Å². The van der Waals surface area contributed by atoms with Crippen LogP contribution >= 0.6 is 0 Å². The first kappa shape index (κ1) is 9.89. The van der Waals surface area contributed by atoms with Gasteiger partial charge in [-0.2, -0.15) is 5.21 Å². The maximum atomic E-state index is 5.66. The molecule has 2 rings (SSSR count). The van der Waals surface area contributed by atoms with Crippen molar-refractivity contribution in [2.45, 2.75) is 32.6 Å². The van der Waals surface area contributed by atoms with E-state index in [0.29, 0.717) is 17.5 Å². The second kappa shape index (κ2) is 4.25. The largest absolute Gasteiger partial charge is 0.457 e. The van der Waals surface area contributed by atoms with Crippen LogP contribution in [0.3, 0.4) is 0 Å². The number of hydrogen-bond donors (Lipinski definition) is 1. The van der Waals surface area contributed by atoms with E-state index in [1.54, 1.807) is 0 Å². The lowest BCUT2D eigenvalue weighted by atomic mass is 10.0. The van der Waals surface area contributed by atoms with E-state index in [1.165, 1.54) is 0 Å². The highest BCUT2D eigenvalue weighted by Gasteiger charge is 2.12. The standard InChI is InChI=1S/C10H14N4O/c1-3-4-7(2)8-5-6-9(15-8)10-11-13-14-12-10/h5-7H,3-4H2,1-2H3,(H,11,12,13,14). The van der Waals surface area contributed by atoms with Crippen molar-refractivity contribution in [2.24, 2.45) is 0 Å². The molecular formula is C10H14N4O. The van der Waals surface area contributed by atoms with E-state index in [0.717, 1.165) is 18.6 Å². The second-order valence-electron chi connectivity index (χ2n) is 3.63. The molecule has 0 fully saturated rings. The number of tetrazole rings is 1. The van der Waals surface area contributed by atoms with Crippen molar-refractivity contribution in [2.75, 3.05) is 0 Å². The molecule has 0 aromatic carbocycles. The molecule has 1 N–H and O–H groups in total. The summed E-state index contributed by atoms with van der Waals surface area (Å²) in [7, 11) is 0. The average molecular weight is 206 g/mol. The minimum Gasteiger partial charge on any atom is -0.457 e. The number of H-pyrrole nitrogens is 1. The van der Waals surface area contributed by atoms with Gasteiger partial charge >= 0.3 is 0 Å². The Morgan fingerprint density at radius 3 is 3.00 bits per heavy atom. The van der Waals surface area contributed by atoms with Crippen LogP contribution in [0, 0.1) is 0 Å². The number of aromatic nitrogens is 4. The van der Waals surface area contributed by atoms with Crippen LogP contribution in [0.4, 0.5) is 0 Å². The first-order valence-electron chi connectivity index (χ1n) is 5.14. The van der Waals surface area contributed by atoms with Crippen LogP contribution in [-0.4, -0.2) is 20.6 Å². The molecule has 80 valence electrons. The summed E-state index contributed by atoms with van der Waals surface area (Å²) in [6, 6.07) is 3.86. The summed E-state index contributed by atoms with van der Waals surface area (Å²) in [6.45, 7) is 4.32. The third kappa shape index (κ3) is 2.06. The average Bonchev–Trinajstić information content (AvgIpc) is 2.89. The van der Waals surface area contributed by atoms with E-state index in [2.05, 4.69) is 34.5 Å². The van der Waals surface area contributed by atoms with E-state index in [-0.39, 0.29) is 0 Å². The third-order valence-corrected chi connectivity index (χ3v) is 2.40. The molecule has 0 aliphatic carbocycles. The molecule has 0 bridgehead atoms. The summed E-state index contributed by atoms with van der Waals surface area (Å²) in [6.07, 6.45) is 2.28. The molecule has 5 heteroatoms. The monoisotopic (exact) mass is 206 g/mol. The van der Waals surface area contributed by atoms with Gasteiger partial charge < -0.3 is 4.42 Å².